The summed E-state index contributed by atoms with van der Waals surface area (Å²) in [5.74, 6) is 1.07. The molecule has 0 spiro atoms. The van der Waals surface area contributed by atoms with Gasteiger partial charge in [0.25, 0.3) is 0 Å². The number of rotatable bonds is 7. The molecule has 6 nitrogen and oxygen atoms in total. The molecule has 1 saturated carbocycles. The van der Waals surface area contributed by atoms with E-state index < -0.39 is 0 Å². The van der Waals surface area contributed by atoms with Crippen molar-refractivity contribution in [3.8, 4) is 0 Å². The number of hydrogen-bond acceptors (Lipinski definition) is 5. The van der Waals surface area contributed by atoms with E-state index in [0.29, 0.717) is 0 Å². The number of Topliss-reactive ketones (excluding diaryl/α,β-unsaturated/α-hetero) is 1. The van der Waals surface area contributed by atoms with Crippen LogP contribution in [0, 0.1) is 13.8 Å². The zero-order valence-electron chi connectivity index (χ0n) is 25.9. The summed E-state index contributed by atoms with van der Waals surface area (Å²) in [7, 11) is 0. The molecule has 0 unspecified atom stereocenters. The summed E-state index contributed by atoms with van der Waals surface area (Å²) in [5, 5.41) is 3.39. The summed E-state index contributed by atoms with van der Waals surface area (Å²) in [6.45, 7) is 20.6. The Balaban J connectivity index is 0.000000217. The lowest BCUT2D eigenvalue weighted by atomic mass is 10.1. The maximum absolute atomic E-state index is 10.0. The molecule has 6 heteroatoms. The molecule has 5 rings (SSSR count). The van der Waals surface area contributed by atoms with Crippen molar-refractivity contribution in [2.75, 3.05) is 31.1 Å². The maximum Gasteiger partial charge on any atom is 0.140 e. The number of aromatic nitrogens is 3. The van der Waals surface area contributed by atoms with Crippen LogP contribution in [0.5, 0.6) is 0 Å². The highest BCUT2D eigenvalue weighted by molar-refractivity contribution is 5.75. The van der Waals surface area contributed by atoms with E-state index in [9.17, 15) is 4.79 Å². The van der Waals surface area contributed by atoms with E-state index in [-0.39, 0.29) is 5.78 Å². The summed E-state index contributed by atoms with van der Waals surface area (Å²) in [6, 6.07) is 4.52. The van der Waals surface area contributed by atoms with Crippen LogP contribution in [0.3, 0.4) is 0 Å². The first-order valence-electron chi connectivity index (χ1n) is 15.3. The molecular weight excluding hydrogens is 482 g/mol. The first-order valence-corrected chi connectivity index (χ1v) is 15.3. The number of aryl methyl sites for hydroxylation is 3. The van der Waals surface area contributed by atoms with Crippen LogP contribution in [0.2, 0.25) is 0 Å². The summed E-state index contributed by atoms with van der Waals surface area (Å²) < 4.78 is 2.20. The molecule has 39 heavy (non-hydrogen) atoms. The van der Waals surface area contributed by atoms with Crippen molar-refractivity contribution in [3.05, 3.63) is 58.8 Å². The Kier molecular flexibility index (Phi) is 14.2. The number of carbonyl (C=O) groups is 1. The van der Waals surface area contributed by atoms with Crippen LogP contribution >= 0.6 is 0 Å². The van der Waals surface area contributed by atoms with Crippen molar-refractivity contribution in [2.24, 2.45) is 0 Å². The molecule has 1 aliphatic carbocycles. The summed E-state index contributed by atoms with van der Waals surface area (Å²) in [6.07, 6.45) is 14.1. The second-order valence-corrected chi connectivity index (χ2v) is 10.4. The number of carbonyl (C=O) groups excluding carboxylic acids is 1. The topological polar surface area (TPSA) is 62.5 Å². The standard InChI is InChI=1S/C13H21N3.C13H16N2.C5H10O.C2H6/c1-3-4-12-11(2)15-6-5-13(12)16-9-7-14-8-10-16;1-3-10-6-12(11-4-5-11)13-14-9(2)7-15(13)8-10;1-3-4-5(2)6;1-2/h5-6,14H,3-4,7-10H2,1-2H3;6-8,11H,3-5H2,1-2H3;3-4H2,1-2H3;1-2H3. The SMILES string of the molecule is CC.CCCC(C)=O.CCCc1c(N2CCNCC2)ccnc1C.CCc1cc(C2CC2)c2nc(C)cn2c1. The number of imidazole rings is 1. The summed E-state index contributed by atoms with van der Waals surface area (Å²) >= 11 is 0. The Hall–Kier alpha value is -2.73. The van der Waals surface area contributed by atoms with Gasteiger partial charge in [-0.25, -0.2) is 4.98 Å². The van der Waals surface area contributed by atoms with Gasteiger partial charge in [0.1, 0.15) is 11.4 Å². The van der Waals surface area contributed by atoms with E-state index in [2.05, 4.69) is 76.8 Å². The van der Waals surface area contributed by atoms with Crippen molar-refractivity contribution in [3.63, 3.8) is 0 Å². The van der Waals surface area contributed by atoms with E-state index in [1.165, 1.54) is 53.0 Å². The fraction of sp³-hybridized carbons (Fsp3) is 0.606. The van der Waals surface area contributed by atoms with Gasteiger partial charge >= 0.3 is 0 Å². The lowest BCUT2D eigenvalue weighted by molar-refractivity contribution is -0.117. The number of hydrogen-bond donors (Lipinski definition) is 1. The molecule has 0 aromatic carbocycles. The zero-order chi connectivity index (χ0) is 28.8. The quantitative estimate of drug-likeness (QED) is 0.346. The van der Waals surface area contributed by atoms with Gasteiger partial charge in [-0.1, -0.05) is 47.1 Å². The second kappa shape index (κ2) is 17.1. The van der Waals surface area contributed by atoms with Gasteiger partial charge in [-0.15, -0.1) is 0 Å². The van der Waals surface area contributed by atoms with Crippen molar-refractivity contribution in [1.29, 1.82) is 0 Å². The molecule has 0 bridgehead atoms. The normalized spacial score (nSPS) is 14.4. The Labute approximate surface area is 237 Å². The molecule has 0 atom stereocenters. The number of fused-ring (bicyclic) bond motifs is 1. The first kappa shape index (κ1) is 32.5. The number of ketones is 1. The van der Waals surface area contributed by atoms with Gasteiger partial charge in [0.2, 0.25) is 0 Å². The van der Waals surface area contributed by atoms with Crippen LogP contribution < -0.4 is 10.2 Å². The minimum atomic E-state index is 0.289. The fourth-order valence-corrected chi connectivity index (χ4v) is 4.89. The van der Waals surface area contributed by atoms with Crippen molar-refractivity contribution in [2.45, 2.75) is 106 Å². The van der Waals surface area contributed by atoms with Gasteiger partial charge in [0, 0.05) is 62.6 Å². The smallest absolute Gasteiger partial charge is 0.140 e. The molecule has 3 aromatic rings. The number of pyridine rings is 2. The third-order valence-corrected chi connectivity index (χ3v) is 6.99. The summed E-state index contributed by atoms with van der Waals surface area (Å²) in [5.41, 5.74) is 9.20. The highest BCUT2D eigenvalue weighted by Gasteiger charge is 2.26. The molecule has 0 radical (unpaired) electrons. The van der Waals surface area contributed by atoms with E-state index in [1.807, 2.05) is 27.0 Å². The largest absolute Gasteiger partial charge is 0.369 e. The lowest BCUT2D eigenvalue weighted by Gasteiger charge is -2.31. The molecule has 216 valence electrons. The van der Waals surface area contributed by atoms with E-state index in [0.717, 1.165) is 63.5 Å². The van der Waals surface area contributed by atoms with Gasteiger partial charge in [-0.3, -0.25) is 4.98 Å². The summed E-state index contributed by atoms with van der Waals surface area (Å²) in [4.78, 5) is 21.5. The molecule has 1 aliphatic heterocycles. The average molecular weight is 536 g/mol. The van der Waals surface area contributed by atoms with Gasteiger partial charge in [-0.05, 0) is 81.5 Å². The highest BCUT2D eigenvalue weighted by atomic mass is 16.1. The van der Waals surface area contributed by atoms with E-state index in [4.69, 9.17) is 0 Å². The maximum atomic E-state index is 10.0. The van der Waals surface area contributed by atoms with Crippen LogP contribution in [0.4, 0.5) is 5.69 Å². The van der Waals surface area contributed by atoms with Crippen molar-refractivity contribution >= 4 is 17.1 Å². The Bertz CT molecular complexity index is 1140. The fourth-order valence-electron chi connectivity index (χ4n) is 4.89. The second-order valence-electron chi connectivity index (χ2n) is 10.4. The predicted octanol–water partition coefficient (Wildman–Crippen LogP) is 7.24. The van der Waals surface area contributed by atoms with Crippen LogP contribution in [-0.4, -0.2) is 46.3 Å². The zero-order valence-corrected chi connectivity index (χ0v) is 25.9. The molecule has 0 amide bonds. The molecular formula is C33H53N5O. The van der Waals surface area contributed by atoms with Gasteiger partial charge in [0.05, 0.1) is 5.69 Å². The third-order valence-electron chi connectivity index (χ3n) is 6.99. The van der Waals surface area contributed by atoms with Gasteiger partial charge in [0.15, 0.2) is 0 Å². The Morgan fingerprint density at radius 1 is 1.05 bits per heavy atom. The minimum Gasteiger partial charge on any atom is -0.369 e. The van der Waals surface area contributed by atoms with Gasteiger partial charge < -0.3 is 19.4 Å². The number of nitrogens with one attached hydrogen (secondary N) is 1. The molecule has 4 heterocycles. The monoisotopic (exact) mass is 535 g/mol. The van der Waals surface area contributed by atoms with Crippen LogP contribution in [0.1, 0.15) is 108 Å². The van der Waals surface area contributed by atoms with E-state index in [1.54, 1.807) is 6.92 Å². The molecule has 3 aromatic heterocycles. The lowest BCUT2D eigenvalue weighted by Crippen LogP contribution is -2.44. The molecule has 1 N–H and O–H groups in total. The van der Waals surface area contributed by atoms with Crippen LogP contribution in [0.25, 0.3) is 5.65 Å². The van der Waals surface area contributed by atoms with Crippen molar-refractivity contribution < 1.29 is 4.79 Å². The molecule has 2 aliphatic rings. The number of piperazine rings is 1. The molecule has 2 fully saturated rings. The Morgan fingerprint density at radius 3 is 2.28 bits per heavy atom. The molecule has 1 saturated heterocycles. The highest BCUT2D eigenvalue weighted by Crippen LogP contribution is 2.42. The predicted molar refractivity (Wildman–Crippen MR) is 166 cm³/mol. The average Bonchev–Trinajstić information content (AvgIpc) is 3.72. The van der Waals surface area contributed by atoms with Crippen LogP contribution in [0.15, 0.2) is 30.7 Å². The number of anilines is 1. The Morgan fingerprint density at radius 2 is 1.74 bits per heavy atom. The minimum absolute atomic E-state index is 0.289. The van der Waals surface area contributed by atoms with Crippen molar-refractivity contribution in [1.82, 2.24) is 19.7 Å². The van der Waals surface area contributed by atoms with Gasteiger partial charge in [-0.2, -0.15) is 0 Å². The van der Waals surface area contributed by atoms with E-state index >= 15 is 0 Å². The first-order chi connectivity index (χ1) is 18.9. The number of nitrogens with zero attached hydrogens (tertiary/aromatic N) is 4. The third kappa shape index (κ3) is 10.1. The van der Waals surface area contributed by atoms with Crippen LogP contribution in [-0.2, 0) is 17.6 Å².